The van der Waals surface area contributed by atoms with Crippen LogP contribution < -0.4 is 4.74 Å². The lowest BCUT2D eigenvalue weighted by Crippen LogP contribution is -1.95. The summed E-state index contributed by atoms with van der Waals surface area (Å²) < 4.78 is 5.41. The minimum Gasteiger partial charge on any atom is -0.437 e. The lowest BCUT2D eigenvalue weighted by molar-refractivity contribution is -0.384. The molecule has 0 aliphatic rings. The Morgan fingerprint density at radius 3 is 2.70 bits per heavy atom. The predicted octanol–water partition coefficient (Wildman–Crippen LogP) is 3.49. The number of nitro groups is 1. The third-order valence-corrected chi connectivity index (χ3v) is 2.89. The summed E-state index contributed by atoms with van der Waals surface area (Å²) in [7, 11) is 0. The number of halogens is 1. The average molecular weight is 295 g/mol. The van der Waals surface area contributed by atoms with Gasteiger partial charge < -0.3 is 9.84 Å². The molecule has 2 aromatic rings. The monoisotopic (exact) mass is 294 g/mol. The Balaban J connectivity index is 2.25. The lowest BCUT2D eigenvalue weighted by atomic mass is 10.2. The molecule has 104 valence electrons. The predicted molar refractivity (Wildman–Crippen MR) is 73.1 cm³/mol. The summed E-state index contributed by atoms with van der Waals surface area (Å²) in [6.45, 7) is 1.62. The van der Waals surface area contributed by atoms with E-state index in [1.807, 2.05) is 0 Å². The summed E-state index contributed by atoms with van der Waals surface area (Å²) in [5.41, 5.74) is 0.521. The topological polar surface area (TPSA) is 85.5 Å². The summed E-state index contributed by atoms with van der Waals surface area (Å²) in [6.07, 6.45) is 0.837. The van der Waals surface area contributed by atoms with Gasteiger partial charge in [0.25, 0.3) is 5.69 Å². The molecule has 0 bridgehead atoms. The lowest BCUT2D eigenvalue weighted by Gasteiger charge is -2.08. The summed E-state index contributed by atoms with van der Waals surface area (Å²) in [5.74, 6) is 0.384. The van der Waals surface area contributed by atoms with Gasteiger partial charge in [0.15, 0.2) is 5.75 Å². The maximum Gasteiger partial charge on any atom is 0.273 e. The van der Waals surface area contributed by atoms with Crippen LogP contribution in [0.5, 0.6) is 11.6 Å². The number of aliphatic hydroxyl groups excluding tert-OH is 1. The quantitative estimate of drug-likeness (QED) is 0.689. The number of pyridine rings is 1. The number of hydrogen-bond donors (Lipinski definition) is 1. The van der Waals surface area contributed by atoms with E-state index >= 15 is 0 Å². The molecule has 0 saturated heterocycles. The molecule has 0 radical (unpaired) electrons. The first-order valence-corrected chi connectivity index (χ1v) is 6.11. The third-order valence-electron chi connectivity index (χ3n) is 2.58. The molecule has 2 rings (SSSR count). The Kier molecular flexibility index (Phi) is 4.16. The molecule has 0 unspecified atom stereocenters. The maximum absolute atomic E-state index is 10.7. The van der Waals surface area contributed by atoms with Gasteiger partial charge in [-0.2, -0.15) is 0 Å². The molecule has 0 aliphatic heterocycles. The maximum atomic E-state index is 10.7. The normalized spacial score (nSPS) is 11.9. The van der Waals surface area contributed by atoms with Crippen molar-refractivity contribution in [3.05, 3.63) is 57.2 Å². The Morgan fingerprint density at radius 1 is 1.40 bits per heavy atom. The van der Waals surface area contributed by atoms with Gasteiger partial charge in [0.2, 0.25) is 5.88 Å². The first-order valence-electron chi connectivity index (χ1n) is 5.73. The Morgan fingerprint density at radius 2 is 2.15 bits per heavy atom. The molecule has 0 aliphatic carbocycles. The van der Waals surface area contributed by atoms with Gasteiger partial charge >= 0.3 is 0 Å². The van der Waals surface area contributed by atoms with Crippen LogP contribution in [0.25, 0.3) is 0 Å². The zero-order chi connectivity index (χ0) is 14.7. The van der Waals surface area contributed by atoms with E-state index in [-0.39, 0.29) is 22.3 Å². The van der Waals surface area contributed by atoms with Gasteiger partial charge in [-0.05, 0) is 24.6 Å². The van der Waals surface area contributed by atoms with Gasteiger partial charge in [-0.1, -0.05) is 11.6 Å². The van der Waals surface area contributed by atoms with Crippen LogP contribution in [0.3, 0.4) is 0 Å². The van der Waals surface area contributed by atoms with E-state index in [1.54, 1.807) is 19.1 Å². The van der Waals surface area contributed by atoms with Gasteiger partial charge in [0, 0.05) is 18.3 Å². The first kappa shape index (κ1) is 14.2. The highest BCUT2D eigenvalue weighted by Crippen LogP contribution is 2.32. The van der Waals surface area contributed by atoms with Crippen molar-refractivity contribution >= 4 is 17.3 Å². The molecule has 20 heavy (non-hydrogen) atoms. The van der Waals surface area contributed by atoms with Crippen LogP contribution in [0, 0.1) is 10.1 Å². The van der Waals surface area contributed by atoms with Crippen LogP contribution in [0.1, 0.15) is 18.6 Å². The zero-order valence-corrected chi connectivity index (χ0v) is 11.2. The van der Waals surface area contributed by atoms with E-state index in [1.165, 1.54) is 24.4 Å². The van der Waals surface area contributed by atoms with Crippen LogP contribution in [0.4, 0.5) is 5.69 Å². The smallest absolute Gasteiger partial charge is 0.273 e. The van der Waals surface area contributed by atoms with Crippen molar-refractivity contribution in [3.63, 3.8) is 0 Å². The molecule has 1 aromatic carbocycles. The molecule has 0 saturated carbocycles. The minimum absolute atomic E-state index is 0.120. The molecule has 1 heterocycles. The zero-order valence-electron chi connectivity index (χ0n) is 10.5. The summed E-state index contributed by atoms with van der Waals surface area (Å²) in [4.78, 5) is 14.2. The number of nitrogens with zero attached hydrogens (tertiary/aromatic N) is 2. The van der Waals surface area contributed by atoms with Crippen molar-refractivity contribution in [2.75, 3.05) is 0 Å². The molecule has 1 aromatic heterocycles. The van der Waals surface area contributed by atoms with Crippen molar-refractivity contribution in [2.24, 2.45) is 0 Å². The number of nitro benzene ring substituents is 1. The minimum atomic E-state index is -0.627. The number of non-ortho nitro benzene ring substituents is 1. The van der Waals surface area contributed by atoms with Gasteiger partial charge in [-0.3, -0.25) is 10.1 Å². The number of rotatable bonds is 4. The average Bonchev–Trinajstić information content (AvgIpc) is 2.41. The van der Waals surface area contributed by atoms with Crippen molar-refractivity contribution < 1.29 is 14.8 Å². The fourth-order valence-electron chi connectivity index (χ4n) is 1.50. The second-order valence-corrected chi connectivity index (χ2v) is 4.49. The number of ether oxygens (including phenoxy) is 1. The molecule has 0 amide bonds. The van der Waals surface area contributed by atoms with E-state index < -0.39 is 11.0 Å². The van der Waals surface area contributed by atoms with Crippen LogP contribution >= 0.6 is 11.6 Å². The molecule has 1 N–H and O–H groups in total. The van der Waals surface area contributed by atoms with Gasteiger partial charge in [-0.15, -0.1) is 0 Å². The highest BCUT2D eigenvalue weighted by atomic mass is 35.5. The molecule has 0 fully saturated rings. The Bertz CT molecular complexity index is 629. The number of aromatic nitrogens is 1. The Labute approximate surface area is 119 Å². The summed E-state index contributed by atoms with van der Waals surface area (Å²) >= 11 is 5.92. The third kappa shape index (κ3) is 3.23. The van der Waals surface area contributed by atoms with Crippen molar-refractivity contribution in [2.45, 2.75) is 13.0 Å². The molecule has 0 spiro atoms. The van der Waals surface area contributed by atoms with Crippen LogP contribution in [0.2, 0.25) is 5.02 Å². The van der Waals surface area contributed by atoms with E-state index in [4.69, 9.17) is 16.3 Å². The summed E-state index contributed by atoms with van der Waals surface area (Å²) in [6, 6.07) is 7.11. The van der Waals surface area contributed by atoms with Gasteiger partial charge in [0.1, 0.15) is 0 Å². The van der Waals surface area contributed by atoms with Gasteiger partial charge in [0.05, 0.1) is 22.1 Å². The number of hydrogen-bond acceptors (Lipinski definition) is 5. The summed E-state index contributed by atoms with van der Waals surface area (Å²) in [5, 5.41) is 20.3. The standard InChI is InChI=1S/C13H11ClN2O4/c1-8(17)9-2-5-13(15-7-9)20-12-6-10(16(18)19)3-4-11(12)14/h2-8,17H,1H3/t8-/m1/s1. The van der Waals surface area contributed by atoms with Crippen molar-refractivity contribution in [3.8, 4) is 11.6 Å². The highest BCUT2D eigenvalue weighted by molar-refractivity contribution is 6.32. The fourth-order valence-corrected chi connectivity index (χ4v) is 1.65. The Hall–Kier alpha value is -2.18. The second-order valence-electron chi connectivity index (χ2n) is 4.08. The van der Waals surface area contributed by atoms with Crippen LogP contribution in [-0.2, 0) is 0 Å². The largest absolute Gasteiger partial charge is 0.437 e. The second kappa shape index (κ2) is 5.85. The molecular formula is C13H11ClN2O4. The fraction of sp³-hybridized carbons (Fsp3) is 0.154. The van der Waals surface area contributed by atoms with E-state index in [2.05, 4.69) is 4.98 Å². The SMILES string of the molecule is C[C@@H](O)c1ccc(Oc2cc([N+](=O)[O-])ccc2Cl)nc1. The highest BCUT2D eigenvalue weighted by Gasteiger charge is 2.12. The van der Waals surface area contributed by atoms with Crippen LogP contribution in [-0.4, -0.2) is 15.0 Å². The number of aliphatic hydroxyl groups is 1. The van der Waals surface area contributed by atoms with E-state index in [0.717, 1.165) is 0 Å². The van der Waals surface area contributed by atoms with E-state index in [9.17, 15) is 15.2 Å². The first-order chi connectivity index (χ1) is 9.47. The molecule has 1 atom stereocenters. The molecule has 7 heteroatoms. The van der Waals surface area contributed by atoms with E-state index in [0.29, 0.717) is 5.56 Å². The molecular weight excluding hydrogens is 284 g/mol. The molecule has 6 nitrogen and oxygen atoms in total. The van der Waals surface area contributed by atoms with Crippen LogP contribution in [0.15, 0.2) is 36.5 Å². The van der Waals surface area contributed by atoms with Crippen molar-refractivity contribution in [1.29, 1.82) is 0 Å². The van der Waals surface area contributed by atoms with Gasteiger partial charge in [-0.25, -0.2) is 4.98 Å². The van der Waals surface area contributed by atoms with Crippen molar-refractivity contribution in [1.82, 2.24) is 4.98 Å². The number of benzene rings is 1.